The molecule has 1 aromatic carbocycles. The molecular formula is C29H35N9O3S. The number of benzene rings is 1. The Balaban J connectivity index is 1.55. The minimum atomic E-state index is -3.58. The molecule has 220 valence electrons. The van der Waals surface area contributed by atoms with E-state index in [1.807, 2.05) is 30.9 Å². The normalized spacial score (nSPS) is 13.6. The van der Waals surface area contributed by atoms with E-state index in [1.54, 1.807) is 19.3 Å². The molecule has 0 spiro atoms. The molecule has 0 aliphatic carbocycles. The van der Waals surface area contributed by atoms with Crippen molar-refractivity contribution in [2.45, 2.75) is 25.3 Å². The lowest BCUT2D eigenvalue weighted by Gasteiger charge is -2.29. The Morgan fingerprint density at radius 3 is 2.50 bits per heavy atom. The van der Waals surface area contributed by atoms with Gasteiger partial charge in [-0.2, -0.15) is 10.1 Å². The molecule has 0 amide bonds. The predicted octanol–water partition coefficient (Wildman–Crippen LogP) is 1.78. The Hall–Kier alpha value is -4.41. The van der Waals surface area contributed by atoms with E-state index < -0.39 is 15.4 Å². The maximum atomic E-state index is 13.8. The predicted molar refractivity (Wildman–Crippen MR) is 164 cm³/mol. The second-order valence-electron chi connectivity index (χ2n) is 10.1. The summed E-state index contributed by atoms with van der Waals surface area (Å²) < 4.78 is 27.8. The van der Waals surface area contributed by atoms with Crippen molar-refractivity contribution in [2.24, 2.45) is 7.05 Å². The van der Waals surface area contributed by atoms with E-state index in [0.717, 1.165) is 43.8 Å². The average Bonchev–Trinajstić information content (AvgIpc) is 3.37. The first-order valence-electron chi connectivity index (χ1n) is 13.9. The van der Waals surface area contributed by atoms with E-state index in [0.29, 0.717) is 30.1 Å². The number of hydrogen-bond acceptors (Lipinski definition) is 10. The lowest BCUT2D eigenvalue weighted by molar-refractivity contribution is 0.444. The van der Waals surface area contributed by atoms with E-state index in [1.165, 1.54) is 15.4 Å². The van der Waals surface area contributed by atoms with Crippen LogP contribution in [0.15, 0.2) is 52.4 Å². The zero-order valence-electron chi connectivity index (χ0n) is 24.3. The summed E-state index contributed by atoms with van der Waals surface area (Å²) >= 11 is 0. The summed E-state index contributed by atoms with van der Waals surface area (Å²) in [5.41, 5.74) is 2.40. The van der Waals surface area contributed by atoms with E-state index >= 15 is 0 Å². The van der Waals surface area contributed by atoms with Gasteiger partial charge in [0, 0.05) is 87.8 Å². The highest BCUT2D eigenvalue weighted by atomic mass is 32.2. The highest BCUT2D eigenvalue weighted by Gasteiger charge is 2.21. The smallest absolute Gasteiger partial charge is 0.268 e. The molecule has 0 radical (unpaired) electrons. The molecule has 4 heterocycles. The van der Waals surface area contributed by atoms with Crippen molar-refractivity contribution in [3.8, 4) is 12.0 Å². The molecule has 0 unspecified atom stereocenters. The molecule has 5 rings (SSSR count). The number of rotatable bonds is 8. The Kier molecular flexibility index (Phi) is 8.46. The number of sulfone groups is 1. The summed E-state index contributed by atoms with van der Waals surface area (Å²) in [5.74, 6) is 3.29. The topological polar surface area (TPSA) is 130 Å². The molecule has 0 bridgehead atoms. The fraction of sp³-hybridized carbons (Fsp3) is 0.379. The summed E-state index contributed by atoms with van der Waals surface area (Å²) in [6.45, 7) is 9.13. The van der Waals surface area contributed by atoms with Crippen LogP contribution in [0.5, 0.6) is 0 Å². The fourth-order valence-corrected chi connectivity index (χ4v) is 5.74. The Bertz CT molecular complexity index is 1810. The zero-order chi connectivity index (χ0) is 29.9. The van der Waals surface area contributed by atoms with Crippen molar-refractivity contribution in [2.75, 3.05) is 55.7 Å². The van der Waals surface area contributed by atoms with Gasteiger partial charge in [-0.25, -0.2) is 13.4 Å². The van der Waals surface area contributed by atoms with Crippen LogP contribution in [0.25, 0.3) is 11.0 Å². The Morgan fingerprint density at radius 1 is 1.12 bits per heavy atom. The molecule has 13 heteroatoms. The van der Waals surface area contributed by atoms with Gasteiger partial charge in [0.15, 0.2) is 9.84 Å². The van der Waals surface area contributed by atoms with Crippen LogP contribution in [0, 0.1) is 12.0 Å². The molecule has 1 aliphatic rings. The third kappa shape index (κ3) is 6.40. The van der Waals surface area contributed by atoms with Crippen molar-refractivity contribution in [3.63, 3.8) is 0 Å². The Labute approximate surface area is 245 Å². The molecule has 4 aromatic rings. The van der Waals surface area contributed by atoms with Gasteiger partial charge >= 0.3 is 0 Å². The van der Waals surface area contributed by atoms with Gasteiger partial charge in [-0.15, -0.1) is 0 Å². The monoisotopic (exact) mass is 589 g/mol. The maximum Gasteiger partial charge on any atom is 0.268 e. The lowest BCUT2D eigenvalue weighted by atomic mass is 10.2. The van der Waals surface area contributed by atoms with Gasteiger partial charge in [0.2, 0.25) is 5.95 Å². The van der Waals surface area contributed by atoms with E-state index in [2.05, 4.69) is 54.7 Å². The van der Waals surface area contributed by atoms with Crippen LogP contribution in [-0.2, 0) is 23.4 Å². The molecule has 42 heavy (non-hydrogen) atoms. The van der Waals surface area contributed by atoms with E-state index in [9.17, 15) is 13.2 Å². The third-order valence-electron chi connectivity index (χ3n) is 7.12. The quantitative estimate of drug-likeness (QED) is 0.232. The standard InChI is InChI=1S/C29H35N9O3S/c1-5-36(6-2)14-11-21-17-22-18-31-29(32-23-7-9-24(10-8-23)37-15-12-30-13-16-37)33-27(22)38(28(21)39)19-25-26(42(4,40)41)20-35(3)34-25/h7-10,17-18,20,30H,5-6,12-13,15-16,19H2,1-4H3,(H,31,32,33). The van der Waals surface area contributed by atoms with Crippen LogP contribution in [-0.4, -0.2) is 83.2 Å². The number of anilines is 3. The van der Waals surface area contributed by atoms with Crippen LogP contribution in [0.2, 0.25) is 0 Å². The first-order chi connectivity index (χ1) is 20.2. The molecule has 1 fully saturated rings. The van der Waals surface area contributed by atoms with Crippen LogP contribution >= 0.6 is 0 Å². The first-order valence-corrected chi connectivity index (χ1v) is 15.8. The lowest BCUT2D eigenvalue weighted by Crippen LogP contribution is -2.43. The number of aryl methyl sites for hydroxylation is 1. The van der Waals surface area contributed by atoms with Crippen molar-refractivity contribution < 1.29 is 8.42 Å². The van der Waals surface area contributed by atoms with Crippen LogP contribution in [0.3, 0.4) is 0 Å². The van der Waals surface area contributed by atoms with Gasteiger partial charge in [0.05, 0.1) is 12.1 Å². The van der Waals surface area contributed by atoms with E-state index in [4.69, 9.17) is 0 Å². The summed E-state index contributed by atoms with van der Waals surface area (Å²) in [6, 6.07) is 12.8. The highest BCUT2D eigenvalue weighted by molar-refractivity contribution is 7.90. The SMILES string of the molecule is CCN(C#Cc1cc2cnc(Nc3ccc(N4CCNCC4)cc3)nc2n(Cc2nn(C)cc2S(C)(=O)=O)c1=O)CC. The average molecular weight is 590 g/mol. The van der Waals surface area contributed by atoms with Crippen molar-refractivity contribution in [1.29, 1.82) is 0 Å². The van der Waals surface area contributed by atoms with E-state index in [-0.39, 0.29) is 22.7 Å². The summed E-state index contributed by atoms with van der Waals surface area (Å²) in [6.07, 6.45) is 4.19. The second kappa shape index (κ2) is 12.2. The van der Waals surface area contributed by atoms with Crippen molar-refractivity contribution in [1.82, 2.24) is 34.5 Å². The van der Waals surface area contributed by atoms with Crippen molar-refractivity contribution in [3.05, 3.63) is 64.3 Å². The number of nitrogens with zero attached hydrogens (tertiary/aromatic N) is 7. The first kappa shape index (κ1) is 29.1. The molecule has 12 nitrogen and oxygen atoms in total. The van der Waals surface area contributed by atoms with Gasteiger partial charge in [0.25, 0.3) is 5.56 Å². The summed E-state index contributed by atoms with van der Waals surface area (Å²) in [7, 11) is -1.94. The van der Waals surface area contributed by atoms with Crippen LogP contribution < -0.4 is 21.1 Å². The molecule has 0 saturated carbocycles. The maximum absolute atomic E-state index is 13.8. The molecule has 1 saturated heterocycles. The number of aromatic nitrogens is 5. The molecule has 2 N–H and O–H groups in total. The van der Waals surface area contributed by atoms with Gasteiger partial charge in [0.1, 0.15) is 16.2 Å². The largest absolute Gasteiger partial charge is 0.369 e. The summed E-state index contributed by atoms with van der Waals surface area (Å²) in [5, 5.41) is 11.5. The molecule has 0 atom stereocenters. The fourth-order valence-electron chi connectivity index (χ4n) is 4.87. The number of piperazine rings is 1. The number of pyridine rings is 1. The van der Waals surface area contributed by atoms with Gasteiger partial charge in [-0.05, 0) is 50.1 Å². The van der Waals surface area contributed by atoms with Crippen LogP contribution in [0.1, 0.15) is 25.1 Å². The van der Waals surface area contributed by atoms with Gasteiger partial charge in [-0.1, -0.05) is 0 Å². The second-order valence-corrected chi connectivity index (χ2v) is 12.1. The molecule has 3 aromatic heterocycles. The number of fused-ring (bicyclic) bond motifs is 1. The molecule has 1 aliphatic heterocycles. The molecular weight excluding hydrogens is 554 g/mol. The van der Waals surface area contributed by atoms with Crippen LogP contribution in [0.4, 0.5) is 17.3 Å². The van der Waals surface area contributed by atoms with Crippen molar-refractivity contribution >= 4 is 38.2 Å². The highest BCUT2D eigenvalue weighted by Crippen LogP contribution is 2.22. The van der Waals surface area contributed by atoms with Gasteiger partial charge in [-0.3, -0.25) is 14.0 Å². The van der Waals surface area contributed by atoms with Gasteiger partial charge < -0.3 is 20.4 Å². The minimum Gasteiger partial charge on any atom is -0.369 e. The zero-order valence-corrected chi connectivity index (χ0v) is 25.1. The Morgan fingerprint density at radius 2 is 1.83 bits per heavy atom. The minimum absolute atomic E-state index is 0.0571. The third-order valence-corrected chi connectivity index (χ3v) is 8.26. The summed E-state index contributed by atoms with van der Waals surface area (Å²) in [4.78, 5) is 27.2. The number of hydrogen-bond donors (Lipinski definition) is 2. The number of nitrogens with one attached hydrogen (secondary N) is 2.